The third kappa shape index (κ3) is 4.44. The zero-order valence-corrected chi connectivity index (χ0v) is 17.4. The lowest BCUT2D eigenvalue weighted by atomic mass is 10.2. The van der Waals surface area contributed by atoms with Gasteiger partial charge in [0.1, 0.15) is 23.5 Å². The van der Waals surface area contributed by atoms with Crippen LogP contribution in [-0.2, 0) is 16.1 Å². The summed E-state index contributed by atoms with van der Waals surface area (Å²) in [4.78, 5) is 42.1. The molecule has 156 valence electrons. The van der Waals surface area contributed by atoms with Gasteiger partial charge in [-0.3, -0.25) is 9.59 Å². The first-order valence-corrected chi connectivity index (χ1v) is 9.53. The smallest absolute Gasteiger partial charge is 0.343 e. The van der Waals surface area contributed by atoms with Crippen LogP contribution in [0.5, 0.6) is 5.75 Å². The highest BCUT2D eigenvalue weighted by Gasteiger charge is 2.19. The van der Waals surface area contributed by atoms with Crippen molar-refractivity contribution in [2.24, 2.45) is 0 Å². The number of carbonyl (C=O) groups is 2. The number of esters is 1. The summed E-state index contributed by atoms with van der Waals surface area (Å²) >= 11 is 6.01. The molecule has 0 fully saturated rings. The number of rotatable bonds is 6. The van der Waals surface area contributed by atoms with Crippen LogP contribution in [0.25, 0.3) is 11.0 Å². The number of amides is 1. The molecule has 1 amide bonds. The van der Waals surface area contributed by atoms with E-state index < -0.39 is 17.3 Å². The normalized spacial score (nSPS) is 10.7. The van der Waals surface area contributed by atoms with E-state index in [0.29, 0.717) is 27.8 Å². The maximum Gasteiger partial charge on any atom is 0.343 e. The molecule has 0 saturated heterocycles. The van der Waals surface area contributed by atoms with E-state index in [4.69, 9.17) is 21.1 Å². The van der Waals surface area contributed by atoms with Crippen molar-refractivity contribution in [3.8, 4) is 5.75 Å². The molecule has 3 aromatic rings. The quantitative estimate of drug-likeness (QED) is 0.604. The van der Waals surface area contributed by atoms with Crippen molar-refractivity contribution in [3.63, 3.8) is 0 Å². The minimum Gasteiger partial charge on any atom is -0.495 e. The molecular formula is C21H20ClN3O5. The minimum atomic E-state index is -0.754. The molecule has 0 atom stereocenters. The highest BCUT2D eigenvalue weighted by Crippen LogP contribution is 2.27. The molecule has 0 bridgehead atoms. The molecule has 2 aromatic heterocycles. The van der Waals surface area contributed by atoms with Gasteiger partial charge in [-0.05, 0) is 44.2 Å². The molecule has 0 radical (unpaired) electrons. The molecule has 30 heavy (non-hydrogen) atoms. The Balaban J connectivity index is 2.02. The number of anilines is 1. The number of nitrogens with zero attached hydrogens (tertiary/aromatic N) is 2. The Morgan fingerprint density at radius 3 is 2.70 bits per heavy atom. The Kier molecular flexibility index (Phi) is 6.37. The Morgan fingerprint density at radius 1 is 1.23 bits per heavy atom. The third-order valence-corrected chi connectivity index (χ3v) is 4.54. The predicted octanol–water partition coefficient (Wildman–Crippen LogP) is 3.18. The molecule has 3 rings (SSSR count). The molecule has 0 aliphatic rings. The van der Waals surface area contributed by atoms with E-state index in [1.54, 1.807) is 44.2 Å². The molecule has 1 aromatic carbocycles. The maximum atomic E-state index is 12.7. The van der Waals surface area contributed by atoms with E-state index in [-0.39, 0.29) is 24.1 Å². The monoisotopic (exact) mass is 429 g/mol. The summed E-state index contributed by atoms with van der Waals surface area (Å²) < 4.78 is 11.7. The van der Waals surface area contributed by atoms with Crippen molar-refractivity contribution < 1.29 is 19.1 Å². The van der Waals surface area contributed by atoms with Crippen LogP contribution < -0.4 is 15.5 Å². The Bertz CT molecular complexity index is 1190. The maximum absolute atomic E-state index is 12.7. The number of hydrogen-bond acceptors (Lipinski definition) is 6. The number of benzene rings is 1. The van der Waals surface area contributed by atoms with E-state index in [1.165, 1.54) is 17.9 Å². The summed E-state index contributed by atoms with van der Waals surface area (Å²) in [5.74, 6) is -0.729. The molecule has 0 unspecified atom stereocenters. The number of aromatic nitrogens is 2. The lowest BCUT2D eigenvalue weighted by Crippen LogP contribution is -2.25. The predicted molar refractivity (Wildman–Crippen MR) is 113 cm³/mol. The zero-order chi connectivity index (χ0) is 21.8. The van der Waals surface area contributed by atoms with Gasteiger partial charge in [0.25, 0.3) is 0 Å². The van der Waals surface area contributed by atoms with E-state index in [2.05, 4.69) is 10.3 Å². The molecule has 2 heterocycles. The van der Waals surface area contributed by atoms with Crippen LogP contribution in [0.2, 0.25) is 5.02 Å². The molecular weight excluding hydrogens is 410 g/mol. The number of ether oxygens (including phenoxy) is 2. The van der Waals surface area contributed by atoms with Crippen LogP contribution in [0.3, 0.4) is 0 Å². The minimum absolute atomic E-state index is 0.123. The lowest BCUT2D eigenvalue weighted by molar-refractivity contribution is -0.116. The second-order valence-corrected chi connectivity index (χ2v) is 6.87. The summed E-state index contributed by atoms with van der Waals surface area (Å²) in [6, 6.07) is 8.09. The summed E-state index contributed by atoms with van der Waals surface area (Å²) in [5, 5.41) is 3.38. The molecule has 1 N–H and O–H groups in total. The Labute approximate surface area is 177 Å². The van der Waals surface area contributed by atoms with Crippen molar-refractivity contribution in [2.75, 3.05) is 19.0 Å². The summed E-state index contributed by atoms with van der Waals surface area (Å²) in [6.45, 7) is 3.34. The summed E-state index contributed by atoms with van der Waals surface area (Å²) in [5.41, 5.74) is 0.695. The van der Waals surface area contributed by atoms with Gasteiger partial charge in [-0.1, -0.05) is 11.6 Å². The summed E-state index contributed by atoms with van der Waals surface area (Å²) in [7, 11) is 1.48. The van der Waals surface area contributed by atoms with Crippen molar-refractivity contribution in [3.05, 3.63) is 63.0 Å². The standard InChI is InChI=1S/C21H20ClN3O5/c1-4-30-21(28)15-10-25(20-14(19(15)27)7-5-12(2)23-20)11-18(26)24-16-9-13(22)6-8-17(16)29-3/h5-10H,4,11H2,1-3H3,(H,24,26). The van der Waals surface area contributed by atoms with Crippen LogP contribution in [0, 0.1) is 6.92 Å². The summed E-state index contributed by atoms with van der Waals surface area (Å²) in [6.07, 6.45) is 1.30. The largest absolute Gasteiger partial charge is 0.495 e. The molecule has 8 nitrogen and oxygen atoms in total. The SMILES string of the molecule is CCOC(=O)c1cn(CC(=O)Nc2cc(Cl)ccc2OC)c2nc(C)ccc2c1=O. The van der Waals surface area contributed by atoms with Gasteiger partial charge in [-0.15, -0.1) is 0 Å². The zero-order valence-electron chi connectivity index (χ0n) is 16.7. The molecule has 9 heteroatoms. The van der Waals surface area contributed by atoms with Crippen LogP contribution >= 0.6 is 11.6 Å². The van der Waals surface area contributed by atoms with Crippen molar-refractivity contribution in [1.82, 2.24) is 9.55 Å². The molecule has 0 saturated carbocycles. The number of fused-ring (bicyclic) bond motifs is 1. The first-order valence-electron chi connectivity index (χ1n) is 9.15. The number of methoxy groups -OCH3 is 1. The highest BCUT2D eigenvalue weighted by atomic mass is 35.5. The number of halogens is 1. The molecule has 0 spiro atoms. The number of nitrogens with one attached hydrogen (secondary N) is 1. The van der Waals surface area contributed by atoms with Crippen LogP contribution in [-0.4, -0.2) is 35.1 Å². The van der Waals surface area contributed by atoms with Crippen LogP contribution in [0.1, 0.15) is 23.0 Å². The number of aryl methyl sites for hydroxylation is 1. The van der Waals surface area contributed by atoms with Gasteiger partial charge in [0, 0.05) is 16.9 Å². The van der Waals surface area contributed by atoms with Crippen LogP contribution in [0.4, 0.5) is 5.69 Å². The van der Waals surface area contributed by atoms with Gasteiger partial charge >= 0.3 is 5.97 Å². The van der Waals surface area contributed by atoms with Crippen LogP contribution in [0.15, 0.2) is 41.3 Å². The van der Waals surface area contributed by atoms with Gasteiger partial charge in [0.15, 0.2) is 0 Å². The lowest BCUT2D eigenvalue weighted by Gasteiger charge is -2.14. The van der Waals surface area contributed by atoms with E-state index in [9.17, 15) is 14.4 Å². The second kappa shape index (κ2) is 8.96. The first-order chi connectivity index (χ1) is 14.3. The van der Waals surface area contributed by atoms with Crippen molar-refractivity contribution in [1.29, 1.82) is 0 Å². The number of hydrogen-bond donors (Lipinski definition) is 1. The first kappa shape index (κ1) is 21.3. The van der Waals surface area contributed by atoms with E-state index in [0.717, 1.165) is 0 Å². The Morgan fingerprint density at radius 2 is 2.00 bits per heavy atom. The van der Waals surface area contributed by atoms with Crippen molar-refractivity contribution >= 4 is 40.2 Å². The number of carbonyl (C=O) groups excluding carboxylic acids is 2. The molecule has 0 aliphatic carbocycles. The van der Waals surface area contributed by atoms with Gasteiger partial charge in [-0.2, -0.15) is 0 Å². The van der Waals surface area contributed by atoms with Crippen molar-refractivity contribution in [2.45, 2.75) is 20.4 Å². The van der Waals surface area contributed by atoms with Gasteiger partial charge in [0.05, 0.1) is 24.8 Å². The average molecular weight is 430 g/mol. The van der Waals surface area contributed by atoms with Gasteiger partial charge < -0.3 is 19.4 Å². The van der Waals surface area contributed by atoms with E-state index in [1.807, 2.05) is 0 Å². The van der Waals surface area contributed by atoms with Gasteiger partial charge in [-0.25, -0.2) is 9.78 Å². The Hall–Kier alpha value is -3.39. The molecule has 0 aliphatic heterocycles. The third-order valence-electron chi connectivity index (χ3n) is 4.31. The fourth-order valence-electron chi connectivity index (χ4n) is 2.96. The topological polar surface area (TPSA) is 99.5 Å². The van der Waals surface area contributed by atoms with E-state index >= 15 is 0 Å². The number of pyridine rings is 2. The second-order valence-electron chi connectivity index (χ2n) is 6.44. The fourth-order valence-corrected chi connectivity index (χ4v) is 3.13. The fraction of sp³-hybridized carbons (Fsp3) is 0.238. The highest BCUT2D eigenvalue weighted by molar-refractivity contribution is 6.31. The average Bonchev–Trinajstić information content (AvgIpc) is 2.70. The van der Waals surface area contributed by atoms with Gasteiger partial charge in [0.2, 0.25) is 11.3 Å².